The second-order valence-corrected chi connectivity index (χ2v) is 7.97. The SMILES string of the molecule is CCCOC(=O)Nc1cc(-c2nnc(Nc3ccc4[nH]ncc4c3Cl)s2)cn(C)c1=O. The number of anilines is 3. The fourth-order valence-corrected chi connectivity index (χ4v) is 3.84. The van der Waals surface area contributed by atoms with Crippen molar-refractivity contribution in [2.24, 2.45) is 7.05 Å². The highest BCUT2D eigenvalue weighted by Gasteiger charge is 2.15. The molecule has 0 aliphatic heterocycles. The van der Waals surface area contributed by atoms with Crippen LogP contribution in [0, 0.1) is 0 Å². The molecule has 10 nitrogen and oxygen atoms in total. The van der Waals surface area contributed by atoms with E-state index in [0.717, 1.165) is 10.9 Å². The van der Waals surface area contributed by atoms with Crippen LogP contribution in [0.3, 0.4) is 0 Å². The van der Waals surface area contributed by atoms with Gasteiger partial charge in [-0.25, -0.2) is 4.79 Å². The van der Waals surface area contributed by atoms with Gasteiger partial charge in [-0.1, -0.05) is 29.9 Å². The molecule has 3 heterocycles. The summed E-state index contributed by atoms with van der Waals surface area (Å²) >= 11 is 7.72. The van der Waals surface area contributed by atoms with Gasteiger partial charge in [-0.05, 0) is 24.6 Å². The summed E-state index contributed by atoms with van der Waals surface area (Å²) in [6.45, 7) is 2.15. The number of carbonyl (C=O) groups is 1. The number of hydrogen-bond acceptors (Lipinski definition) is 8. The highest BCUT2D eigenvalue weighted by Crippen LogP contribution is 2.34. The van der Waals surface area contributed by atoms with Gasteiger partial charge < -0.3 is 14.6 Å². The Morgan fingerprint density at radius 1 is 1.32 bits per heavy atom. The zero-order chi connectivity index (χ0) is 22.0. The molecule has 160 valence electrons. The number of aromatic amines is 1. The number of ether oxygens (including phenoxy) is 1. The lowest BCUT2D eigenvalue weighted by atomic mass is 10.2. The summed E-state index contributed by atoms with van der Waals surface area (Å²) < 4.78 is 6.35. The normalized spacial score (nSPS) is 10.9. The molecule has 0 unspecified atom stereocenters. The van der Waals surface area contributed by atoms with Gasteiger partial charge in [0.15, 0.2) is 5.01 Å². The van der Waals surface area contributed by atoms with Crippen molar-refractivity contribution in [3.63, 3.8) is 0 Å². The van der Waals surface area contributed by atoms with E-state index in [2.05, 4.69) is 31.0 Å². The average molecular weight is 460 g/mol. The molecule has 0 bridgehead atoms. The Labute approximate surface area is 185 Å². The molecule has 0 aliphatic rings. The van der Waals surface area contributed by atoms with Crippen molar-refractivity contribution < 1.29 is 9.53 Å². The molecule has 1 amide bonds. The van der Waals surface area contributed by atoms with Crippen molar-refractivity contribution in [1.82, 2.24) is 25.0 Å². The van der Waals surface area contributed by atoms with Crippen LogP contribution in [0.25, 0.3) is 21.5 Å². The number of aryl methyl sites for hydroxylation is 1. The lowest BCUT2D eigenvalue weighted by Gasteiger charge is -2.08. The first-order valence-corrected chi connectivity index (χ1v) is 10.5. The van der Waals surface area contributed by atoms with Crippen molar-refractivity contribution >= 4 is 56.4 Å². The Hall–Kier alpha value is -3.44. The van der Waals surface area contributed by atoms with Gasteiger partial charge in [-0.3, -0.25) is 15.2 Å². The van der Waals surface area contributed by atoms with Crippen LogP contribution in [0.15, 0.2) is 35.4 Å². The van der Waals surface area contributed by atoms with E-state index in [0.29, 0.717) is 32.8 Å². The van der Waals surface area contributed by atoms with E-state index in [-0.39, 0.29) is 17.9 Å². The van der Waals surface area contributed by atoms with E-state index >= 15 is 0 Å². The van der Waals surface area contributed by atoms with Crippen molar-refractivity contribution in [3.05, 3.63) is 46.0 Å². The number of amides is 1. The van der Waals surface area contributed by atoms with E-state index in [1.54, 1.807) is 25.5 Å². The third-order valence-corrected chi connectivity index (χ3v) is 5.62. The molecule has 0 radical (unpaired) electrons. The van der Waals surface area contributed by atoms with Gasteiger partial charge in [-0.2, -0.15) is 5.10 Å². The molecule has 0 saturated carbocycles. The minimum absolute atomic E-state index is 0.0965. The molecule has 0 aliphatic carbocycles. The van der Waals surface area contributed by atoms with Gasteiger partial charge in [0.25, 0.3) is 5.56 Å². The van der Waals surface area contributed by atoms with E-state index in [1.807, 2.05) is 19.1 Å². The highest BCUT2D eigenvalue weighted by atomic mass is 35.5. The number of nitrogens with one attached hydrogen (secondary N) is 3. The zero-order valence-corrected chi connectivity index (χ0v) is 18.2. The summed E-state index contributed by atoms with van der Waals surface area (Å²) in [5.74, 6) is 0. The van der Waals surface area contributed by atoms with Gasteiger partial charge >= 0.3 is 6.09 Å². The molecular formula is C19H18ClN7O3S. The fourth-order valence-electron chi connectivity index (χ4n) is 2.84. The second kappa shape index (κ2) is 8.74. The smallest absolute Gasteiger partial charge is 0.411 e. The van der Waals surface area contributed by atoms with Crippen LogP contribution in [0.5, 0.6) is 0 Å². The van der Waals surface area contributed by atoms with Crippen molar-refractivity contribution in [3.8, 4) is 10.6 Å². The third-order valence-electron chi connectivity index (χ3n) is 4.33. The standard InChI is InChI=1S/C19H18ClN7O3S/c1-3-6-30-19(29)23-14-7-10(9-27(2)17(14)28)16-25-26-18(31-16)22-13-5-4-12-11(15(13)20)8-21-24-12/h4-5,7-9H,3,6H2,1-2H3,(H,21,24)(H,22,26)(H,23,29). The number of benzene rings is 1. The molecule has 0 fully saturated rings. The van der Waals surface area contributed by atoms with Crippen LogP contribution in [-0.4, -0.2) is 37.7 Å². The zero-order valence-electron chi connectivity index (χ0n) is 16.6. The number of fused-ring (bicyclic) bond motifs is 1. The van der Waals surface area contributed by atoms with E-state index in [4.69, 9.17) is 16.3 Å². The van der Waals surface area contributed by atoms with Crippen molar-refractivity contribution in [2.45, 2.75) is 13.3 Å². The molecule has 3 N–H and O–H groups in total. The number of rotatable bonds is 6. The summed E-state index contributed by atoms with van der Waals surface area (Å²) in [4.78, 5) is 24.2. The van der Waals surface area contributed by atoms with Gasteiger partial charge in [0.1, 0.15) is 5.69 Å². The number of H-pyrrole nitrogens is 1. The summed E-state index contributed by atoms with van der Waals surface area (Å²) in [6, 6.07) is 5.23. The van der Waals surface area contributed by atoms with Crippen LogP contribution >= 0.6 is 22.9 Å². The van der Waals surface area contributed by atoms with Crippen molar-refractivity contribution in [1.29, 1.82) is 0 Å². The van der Waals surface area contributed by atoms with Gasteiger partial charge in [0.2, 0.25) is 5.13 Å². The minimum atomic E-state index is -0.681. The molecule has 0 saturated heterocycles. The molecular weight excluding hydrogens is 442 g/mol. The molecule has 0 spiro atoms. The van der Waals surface area contributed by atoms with Crippen LogP contribution in [0.2, 0.25) is 5.02 Å². The molecule has 0 atom stereocenters. The van der Waals surface area contributed by atoms with Crippen LogP contribution < -0.4 is 16.2 Å². The number of carbonyl (C=O) groups excluding carboxylic acids is 1. The predicted molar refractivity (Wildman–Crippen MR) is 120 cm³/mol. The van der Waals surface area contributed by atoms with E-state index in [9.17, 15) is 9.59 Å². The lowest BCUT2D eigenvalue weighted by molar-refractivity contribution is 0.161. The molecule has 1 aromatic carbocycles. The molecule has 12 heteroatoms. The third kappa shape index (κ3) is 4.37. The van der Waals surface area contributed by atoms with Gasteiger partial charge in [0, 0.05) is 24.2 Å². The maximum Gasteiger partial charge on any atom is 0.411 e. The Morgan fingerprint density at radius 3 is 2.97 bits per heavy atom. The maximum atomic E-state index is 12.4. The number of hydrogen-bond donors (Lipinski definition) is 3. The number of pyridine rings is 1. The molecule has 31 heavy (non-hydrogen) atoms. The van der Waals surface area contributed by atoms with E-state index < -0.39 is 6.09 Å². The first-order chi connectivity index (χ1) is 15.0. The quantitative estimate of drug-likeness (QED) is 0.395. The Kier molecular flexibility index (Phi) is 5.87. The summed E-state index contributed by atoms with van der Waals surface area (Å²) in [7, 11) is 1.59. The molecule has 4 rings (SSSR count). The topological polar surface area (TPSA) is 127 Å². The van der Waals surface area contributed by atoms with Gasteiger partial charge in [0.05, 0.1) is 29.0 Å². The molecule has 4 aromatic rings. The van der Waals surface area contributed by atoms with Crippen LogP contribution in [0.1, 0.15) is 13.3 Å². The lowest BCUT2D eigenvalue weighted by Crippen LogP contribution is -2.24. The largest absolute Gasteiger partial charge is 0.449 e. The van der Waals surface area contributed by atoms with Crippen LogP contribution in [0.4, 0.5) is 21.3 Å². The number of aromatic nitrogens is 5. The fraction of sp³-hybridized carbons (Fsp3) is 0.211. The Morgan fingerprint density at radius 2 is 2.16 bits per heavy atom. The first-order valence-electron chi connectivity index (χ1n) is 9.33. The van der Waals surface area contributed by atoms with Gasteiger partial charge in [-0.15, -0.1) is 10.2 Å². The highest BCUT2D eigenvalue weighted by molar-refractivity contribution is 7.18. The predicted octanol–water partition coefficient (Wildman–Crippen LogP) is 4.14. The van der Waals surface area contributed by atoms with E-state index in [1.165, 1.54) is 15.9 Å². The number of nitrogens with zero attached hydrogens (tertiary/aromatic N) is 4. The summed E-state index contributed by atoms with van der Waals surface area (Å²) in [6.07, 6.45) is 3.28. The number of halogens is 1. The van der Waals surface area contributed by atoms with Crippen LogP contribution in [-0.2, 0) is 11.8 Å². The maximum absolute atomic E-state index is 12.4. The summed E-state index contributed by atoms with van der Waals surface area (Å²) in [5, 5.41) is 23.2. The molecule has 3 aromatic heterocycles. The Bertz CT molecular complexity index is 1310. The minimum Gasteiger partial charge on any atom is -0.449 e. The Balaban J connectivity index is 1.58. The monoisotopic (exact) mass is 459 g/mol. The second-order valence-electron chi connectivity index (χ2n) is 6.62. The summed E-state index contributed by atoms with van der Waals surface area (Å²) in [5.41, 5.74) is 1.85. The average Bonchev–Trinajstić information content (AvgIpc) is 3.42. The first kappa shape index (κ1) is 20.8. The van der Waals surface area contributed by atoms with Crippen molar-refractivity contribution in [2.75, 3.05) is 17.2 Å².